The Morgan fingerprint density at radius 2 is 0.716 bits per heavy atom. The van der Waals surface area contributed by atoms with Crippen LogP contribution in [0.4, 0.5) is 0 Å². The van der Waals surface area contributed by atoms with Gasteiger partial charge in [-0.3, -0.25) is 28.8 Å². The van der Waals surface area contributed by atoms with Crippen LogP contribution in [0.2, 0.25) is 18.1 Å². The number of fused-ring (bicyclic) bond motifs is 3. The third-order valence-electron chi connectivity index (χ3n) is 17.7. The van der Waals surface area contributed by atoms with Crippen molar-refractivity contribution in [2.45, 2.75) is 176 Å². The Labute approximate surface area is 565 Å². The van der Waals surface area contributed by atoms with Crippen molar-refractivity contribution in [3.8, 4) is 34.5 Å². The van der Waals surface area contributed by atoms with E-state index in [0.717, 1.165) is 32.3 Å². The molecule has 15 atom stereocenters. The lowest BCUT2D eigenvalue weighted by Gasteiger charge is -2.43. The van der Waals surface area contributed by atoms with Crippen molar-refractivity contribution < 1.29 is 101 Å². The molecule has 0 aliphatic carbocycles. The Morgan fingerprint density at radius 1 is 0.421 bits per heavy atom. The number of carbonyl (C=O) groups is 6. The summed E-state index contributed by atoms with van der Waals surface area (Å²) in [6.45, 7) is 30.9. The summed E-state index contributed by atoms with van der Waals surface area (Å²) in [6.07, 6.45) is -4.68. The molecule has 3 N–H and O–H groups in total. The van der Waals surface area contributed by atoms with Crippen LogP contribution in [0.3, 0.4) is 0 Å². The predicted octanol–water partition coefficient (Wildman–Crippen LogP) is 13.6. The van der Waals surface area contributed by atoms with Gasteiger partial charge in [-0.05, 0) is 92.8 Å². The molecule has 0 aromatic heterocycles. The van der Waals surface area contributed by atoms with Gasteiger partial charge in [0.05, 0.1) is 0 Å². The van der Waals surface area contributed by atoms with Gasteiger partial charge in [-0.1, -0.05) is 151 Å². The molecule has 518 valence electrons. The summed E-state index contributed by atoms with van der Waals surface area (Å²) in [7, 11) is -2.16. The van der Waals surface area contributed by atoms with Gasteiger partial charge in [-0.2, -0.15) is 0 Å². The van der Waals surface area contributed by atoms with Crippen LogP contribution in [0.25, 0.3) is 32.3 Å². The first-order valence-electron chi connectivity index (χ1n) is 31.7. The molecule has 21 nitrogen and oxygen atoms in total. The molecule has 6 aromatic rings. The summed E-state index contributed by atoms with van der Waals surface area (Å²) >= 11 is 3.43. The van der Waals surface area contributed by atoms with E-state index in [2.05, 4.69) is 55.9 Å². The summed E-state index contributed by atoms with van der Waals surface area (Å²) in [4.78, 5) is 68.0. The maximum Gasteiger partial charge on any atom is 0.303 e. The monoisotopic (exact) mass is 1400 g/mol. The van der Waals surface area contributed by atoms with Gasteiger partial charge in [0.2, 0.25) is 12.6 Å². The standard InChI is InChI=1S/C28H40O7Si.C22H26O7.C12H19BrO5.C10H8O2/c1-17-18(2)27(34-25(16-31-19(3)29)26(17)32-20(4)30)33-23-14-21-12-10-11-13-22(21)15-24(23)35-36(8,9)28(5,6)7;1-12-13(2)22(29-20(11-26-14(3)23)21(12)27-15(4)24)28-19-10-17-8-6-5-7-16(17)9-18(19)25;1-6-7(2)12(13)18-10(5-16-8(3)14)11(6)17-9(4)15;11-9-5-7-3-1-2-4-8(7)6-10(9)12/h10-15,17-18,25-27H,16H2,1-9H3;5-10,12-13,20-22,25H,11H2,1-4H3;6-7,10-12H,5H2,1-4H3;1-6,11-12H/t17-,18-,25-,26-,27-;12-,13-,20-,21-,22-;6-,7-,10-,11-,12?;/m111./s1. The van der Waals surface area contributed by atoms with Crippen LogP contribution in [0.5, 0.6) is 34.5 Å². The number of ether oxygens (including phenoxy) is 11. The molecule has 95 heavy (non-hydrogen) atoms. The normalized spacial score (nSPS) is 25.6. The number of benzene rings is 6. The van der Waals surface area contributed by atoms with E-state index in [1.807, 2.05) is 120 Å². The third kappa shape index (κ3) is 21.1. The summed E-state index contributed by atoms with van der Waals surface area (Å²) in [5, 5.41) is 34.3. The maximum atomic E-state index is 11.8. The minimum absolute atomic E-state index is 0.00537. The van der Waals surface area contributed by atoms with Gasteiger partial charge >= 0.3 is 35.8 Å². The number of phenolic OH excluding ortho intramolecular Hbond substituents is 3. The highest BCUT2D eigenvalue weighted by molar-refractivity contribution is 9.09. The predicted molar refractivity (Wildman–Crippen MR) is 362 cm³/mol. The third-order valence-corrected chi connectivity index (χ3v) is 23.1. The molecule has 3 heterocycles. The number of alkyl halides is 1. The van der Waals surface area contributed by atoms with Crippen LogP contribution in [-0.2, 0) is 71.4 Å². The first kappa shape index (κ1) is 76.3. The lowest BCUT2D eigenvalue weighted by atomic mass is 9.84. The summed E-state index contributed by atoms with van der Waals surface area (Å²) < 4.78 is 68.8. The second kappa shape index (κ2) is 33.8. The Balaban J connectivity index is 0.000000215. The fraction of sp³-hybridized carbons (Fsp3) is 0.500. The number of phenols is 3. The number of hydrogen-bond donors (Lipinski definition) is 3. The van der Waals surface area contributed by atoms with Gasteiger partial charge in [0.1, 0.15) is 67.2 Å². The van der Waals surface area contributed by atoms with E-state index in [1.165, 1.54) is 41.5 Å². The molecule has 0 bridgehead atoms. The van der Waals surface area contributed by atoms with Crippen LogP contribution in [-0.4, -0.2) is 133 Å². The van der Waals surface area contributed by atoms with Crippen molar-refractivity contribution in [2.75, 3.05) is 19.8 Å². The number of carbonyl (C=O) groups excluding carboxylic acids is 6. The molecule has 0 radical (unpaired) electrons. The SMILES string of the molecule is CC(=O)OC[C@H]1OC(Br)[C@H](C)[C@@H](C)[C@H]1OC(C)=O.CC(=O)OC[C@H]1O[C@@H](Oc2cc3ccccc3cc2O)[C@H](C)[C@@H](C)[C@H]1OC(C)=O.CC(=O)OC[C@H]1O[C@@H](Oc2cc3ccccc3cc2O[Si](C)(C)C(C)(C)C)[C@H](C)[C@@H](C)[C@H]1OC(C)=O.Oc1cc2ccccc2cc1O. The minimum atomic E-state index is -2.16. The molecular formula is C72H93BrO21Si. The zero-order chi connectivity index (χ0) is 70.4. The highest BCUT2D eigenvalue weighted by Crippen LogP contribution is 2.45. The van der Waals surface area contributed by atoms with Gasteiger partial charge in [0, 0.05) is 71.1 Å². The van der Waals surface area contributed by atoms with E-state index >= 15 is 0 Å². The largest absolute Gasteiger partial charge is 0.541 e. The first-order valence-corrected chi connectivity index (χ1v) is 35.6. The van der Waals surface area contributed by atoms with Gasteiger partial charge < -0.3 is 71.9 Å². The van der Waals surface area contributed by atoms with Gasteiger partial charge in [0.25, 0.3) is 8.32 Å². The van der Waals surface area contributed by atoms with E-state index in [4.69, 9.17) is 66.7 Å². The number of hydrogen-bond acceptors (Lipinski definition) is 21. The van der Waals surface area contributed by atoms with E-state index in [9.17, 15) is 33.9 Å². The van der Waals surface area contributed by atoms with Crippen molar-refractivity contribution in [1.82, 2.24) is 0 Å². The van der Waals surface area contributed by atoms with Crippen molar-refractivity contribution in [1.29, 1.82) is 0 Å². The molecule has 3 aliphatic rings. The minimum Gasteiger partial charge on any atom is -0.541 e. The van der Waals surface area contributed by atoms with Crippen LogP contribution in [0.15, 0.2) is 109 Å². The van der Waals surface area contributed by atoms with Gasteiger partial charge in [-0.25, -0.2) is 0 Å². The Kier molecular flexibility index (Phi) is 27.2. The van der Waals surface area contributed by atoms with Crippen LogP contribution >= 0.6 is 15.9 Å². The fourth-order valence-electron chi connectivity index (χ4n) is 10.7. The molecule has 3 fully saturated rings. The summed E-state index contributed by atoms with van der Waals surface area (Å²) in [6, 6.07) is 33.7. The molecule has 23 heteroatoms. The topological polar surface area (TPSA) is 274 Å². The van der Waals surface area contributed by atoms with E-state index in [1.54, 1.807) is 24.3 Å². The molecule has 3 aliphatic heterocycles. The molecule has 1 unspecified atom stereocenters. The molecule has 3 saturated heterocycles. The fourth-order valence-corrected chi connectivity index (χ4v) is 12.5. The maximum absolute atomic E-state index is 11.8. The van der Waals surface area contributed by atoms with Crippen molar-refractivity contribution in [3.63, 3.8) is 0 Å². The van der Waals surface area contributed by atoms with Crippen molar-refractivity contribution in [2.24, 2.45) is 35.5 Å². The van der Waals surface area contributed by atoms with E-state index < -0.39 is 81.4 Å². The Bertz CT molecular complexity index is 3570. The zero-order valence-corrected chi connectivity index (χ0v) is 59.8. The van der Waals surface area contributed by atoms with Crippen molar-refractivity contribution >= 4 is 92.4 Å². The van der Waals surface area contributed by atoms with Crippen LogP contribution in [0, 0.1) is 35.5 Å². The smallest absolute Gasteiger partial charge is 0.303 e. The van der Waals surface area contributed by atoms with Gasteiger partial charge in [0.15, 0.2) is 28.7 Å². The molecule has 0 saturated carbocycles. The number of aromatic hydroxyl groups is 3. The summed E-state index contributed by atoms with van der Waals surface area (Å²) in [5.41, 5.74) is 0. The number of halogens is 1. The Morgan fingerprint density at radius 3 is 1.05 bits per heavy atom. The second-order valence-electron chi connectivity index (χ2n) is 26.0. The van der Waals surface area contributed by atoms with E-state index in [-0.39, 0.29) is 94.6 Å². The quantitative estimate of drug-likeness (QED) is 0.0283. The van der Waals surface area contributed by atoms with E-state index in [0.29, 0.717) is 17.2 Å². The lowest BCUT2D eigenvalue weighted by Crippen LogP contribution is -2.54. The highest BCUT2D eigenvalue weighted by atomic mass is 79.9. The molecule has 0 amide bonds. The Hall–Kier alpha value is -7.70. The van der Waals surface area contributed by atoms with Crippen molar-refractivity contribution in [3.05, 3.63) is 109 Å². The molecule has 0 spiro atoms. The molecular weight excluding hydrogens is 1310 g/mol. The summed E-state index contributed by atoms with van der Waals surface area (Å²) in [5.74, 6) is -1.20. The molecule has 9 rings (SSSR count). The first-order chi connectivity index (χ1) is 44.5. The van der Waals surface area contributed by atoms with Crippen LogP contribution < -0.4 is 13.9 Å². The average molecular weight is 1400 g/mol. The second-order valence-corrected chi connectivity index (χ2v) is 31.6. The lowest BCUT2D eigenvalue weighted by molar-refractivity contribution is -0.248. The zero-order valence-electron chi connectivity index (χ0n) is 57.2. The van der Waals surface area contributed by atoms with Gasteiger partial charge in [-0.15, -0.1) is 0 Å². The highest BCUT2D eigenvalue weighted by Gasteiger charge is 2.48. The molecule has 6 aromatic carbocycles. The average Bonchev–Trinajstić information content (AvgIpc) is 0.792. The number of esters is 6. The van der Waals surface area contributed by atoms with Crippen LogP contribution in [0.1, 0.15) is 104 Å². The number of rotatable bonds is 15.